The van der Waals surface area contributed by atoms with Gasteiger partial charge in [0, 0.05) is 39.1 Å². The Kier molecular flexibility index (Phi) is 5.59. The molecule has 3 aromatic rings. The maximum Gasteiger partial charge on any atom is 0.140 e. The van der Waals surface area contributed by atoms with Gasteiger partial charge in [0.25, 0.3) is 0 Å². The van der Waals surface area contributed by atoms with Gasteiger partial charge in [0.15, 0.2) is 0 Å². The van der Waals surface area contributed by atoms with Crippen LogP contribution in [0.3, 0.4) is 0 Å². The Bertz CT molecular complexity index is 901. The molecular weight excluding hydrogens is 379 g/mol. The molecule has 6 heteroatoms. The first-order valence-electron chi connectivity index (χ1n) is 7.42. The zero-order chi connectivity index (χ0) is 17.8. The number of halogens is 3. The van der Waals surface area contributed by atoms with Crippen LogP contribution in [0.1, 0.15) is 11.1 Å². The molecule has 0 atom stereocenters. The average Bonchev–Trinajstić information content (AvgIpc) is 2.58. The highest BCUT2D eigenvalue weighted by atomic mass is 35.5. The highest BCUT2D eigenvalue weighted by Crippen LogP contribution is 2.36. The zero-order valence-corrected chi connectivity index (χ0v) is 15.2. The van der Waals surface area contributed by atoms with Crippen molar-refractivity contribution >= 4 is 41.0 Å². The molecule has 1 heterocycles. The van der Waals surface area contributed by atoms with Gasteiger partial charge >= 0.3 is 0 Å². The first-order chi connectivity index (χ1) is 12.1. The van der Waals surface area contributed by atoms with E-state index >= 15 is 0 Å². The molecule has 0 bridgehead atoms. The normalized spacial score (nSPS) is 11.2. The summed E-state index contributed by atoms with van der Waals surface area (Å²) < 4.78 is 0. The largest absolute Gasteiger partial charge is 0.506 e. The van der Waals surface area contributed by atoms with Crippen LogP contribution in [0, 0.1) is 0 Å². The first-order valence-corrected chi connectivity index (χ1v) is 8.56. The first kappa shape index (κ1) is 17.7. The minimum absolute atomic E-state index is 0.0204. The van der Waals surface area contributed by atoms with E-state index in [1.807, 2.05) is 24.3 Å². The summed E-state index contributed by atoms with van der Waals surface area (Å²) in [6.45, 7) is 0.234. The Morgan fingerprint density at radius 2 is 1.64 bits per heavy atom. The monoisotopic (exact) mass is 390 g/mol. The second kappa shape index (κ2) is 7.87. The highest BCUT2D eigenvalue weighted by Gasteiger charge is 2.11. The quantitative estimate of drug-likeness (QED) is 0.552. The molecule has 2 aromatic carbocycles. The van der Waals surface area contributed by atoms with E-state index in [9.17, 15) is 5.11 Å². The molecule has 0 aliphatic carbocycles. The second-order valence-corrected chi connectivity index (χ2v) is 6.49. The van der Waals surface area contributed by atoms with Gasteiger partial charge in [0.05, 0.1) is 17.8 Å². The third kappa shape index (κ3) is 3.96. The van der Waals surface area contributed by atoms with Crippen molar-refractivity contribution in [2.75, 3.05) is 0 Å². The molecule has 0 saturated heterocycles. The molecule has 0 aliphatic rings. The fourth-order valence-electron chi connectivity index (χ4n) is 2.44. The number of nitrogens with zero attached hydrogens (tertiary/aromatic N) is 2. The number of hydrogen-bond donors (Lipinski definition) is 1. The van der Waals surface area contributed by atoms with Crippen LogP contribution in [-0.2, 0) is 6.54 Å². The van der Waals surface area contributed by atoms with Crippen molar-refractivity contribution in [1.82, 2.24) is 4.98 Å². The average molecular weight is 392 g/mol. The number of rotatable bonds is 4. The lowest BCUT2D eigenvalue weighted by Crippen LogP contribution is -1.92. The van der Waals surface area contributed by atoms with Gasteiger partial charge in [-0.2, -0.15) is 0 Å². The Hall–Kier alpha value is -2.07. The van der Waals surface area contributed by atoms with Gasteiger partial charge in [0.2, 0.25) is 0 Å². The molecule has 0 fully saturated rings. The molecule has 0 amide bonds. The van der Waals surface area contributed by atoms with Gasteiger partial charge < -0.3 is 5.11 Å². The highest BCUT2D eigenvalue weighted by molar-refractivity contribution is 6.39. The van der Waals surface area contributed by atoms with E-state index in [2.05, 4.69) is 9.98 Å². The maximum absolute atomic E-state index is 9.84. The molecule has 3 nitrogen and oxygen atoms in total. The van der Waals surface area contributed by atoms with Gasteiger partial charge in [-0.3, -0.25) is 9.98 Å². The van der Waals surface area contributed by atoms with Crippen LogP contribution in [0.5, 0.6) is 5.75 Å². The molecule has 0 unspecified atom stereocenters. The lowest BCUT2D eigenvalue weighted by molar-refractivity contribution is 0.466. The van der Waals surface area contributed by atoms with Crippen molar-refractivity contribution in [3.63, 3.8) is 0 Å². The van der Waals surface area contributed by atoms with E-state index in [1.54, 1.807) is 24.4 Å². The van der Waals surface area contributed by atoms with E-state index < -0.39 is 0 Å². The Morgan fingerprint density at radius 3 is 2.36 bits per heavy atom. The second-order valence-electron chi connectivity index (χ2n) is 5.27. The van der Waals surface area contributed by atoms with E-state index in [4.69, 9.17) is 34.8 Å². The fraction of sp³-hybridized carbons (Fsp3) is 0.0526. The van der Waals surface area contributed by atoms with E-state index in [0.29, 0.717) is 20.6 Å². The zero-order valence-electron chi connectivity index (χ0n) is 13.0. The van der Waals surface area contributed by atoms with Gasteiger partial charge in [-0.15, -0.1) is 0 Å². The van der Waals surface area contributed by atoms with Crippen molar-refractivity contribution in [2.45, 2.75) is 6.54 Å². The minimum atomic E-state index is 0.0204. The molecule has 126 valence electrons. The Morgan fingerprint density at radius 1 is 0.920 bits per heavy atom. The maximum atomic E-state index is 9.84. The van der Waals surface area contributed by atoms with Crippen molar-refractivity contribution in [1.29, 1.82) is 0 Å². The summed E-state index contributed by atoms with van der Waals surface area (Å²) in [4.78, 5) is 8.22. The van der Waals surface area contributed by atoms with Crippen molar-refractivity contribution in [3.8, 4) is 16.9 Å². The van der Waals surface area contributed by atoms with Gasteiger partial charge in [0.1, 0.15) is 5.75 Å². The van der Waals surface area contributed by atoms with E-state index in [1.165, 1.54) is 12.4 Å². The van der Waals surface area contributed by atoms with Crippen molar-refractivity contribution in [3.05, 3.63) is 81.1 Å². The van der Waals surface area contributed by atoms with Gasteiger partial charge in [-0.1, -0.05) is 65.1 Å². The number of aliphatic imine (C=N–C) groups is 1. The lowest BCUT2D eigenvalue weighted by atomic mass is 10.00. The standard InChI is InChI=1S/C19H13Cl3N2O/c20-15-6-3-7-16(21)19(15)13-5-2-1-4-12(13)8-23-9-14-17(22)10-24-11-18(14)25/h1-8,10-11,25H,9H2. The summed E-state index contributed by atoms with van der Waals surface area (Å²) in [6, 6.07) is 13.1. The van der Waals surface area contributed by atoms with Crippen LogP contribution in [-0.4, -0.2) is 16.3 Å². The molecule has 0 saturated carbocycles. The summed E-state index contributed by atoms with van der Waals surface area (Å²) in [5.41, 5.74) is 3.04. The third-order valence-electron chi connectivity index (χ3n) is 3.65. The SMILES string of the molecule is Oc1cncc(Cl)c1CN=Cc1ccccc1-c1c(Cl)cccc1Cl. The van der Waals surface area contributed by atoms with E-state index in [0.717, 1.165) is 16.7 Å². The summed E-state index contributed by atoms with van der Waals surface area (Å²) in [7, 11) is 0. The number of aromatic hydroxyl groups is 1. The Labute approximate surface area is 160 Å². The molecule has 0 spiro atoms. The van der Waals surface area contributed by atoms with Crippen LogP contribution < -0.4 is 0 Å². The molecule has 1 N–H and O–H groups in total. The fourth-order valence-corrected chi connectivity index (χ4v) is 3.25. The lowest BCUT2D eigenvalue weighted by Gasteiger charge is -2.10. The molecule has 0 aliphatic heterocycles. The van der Waals surface area contributed by atoms with Crippen LogP contribution in [0.15, 0.2) is 59.9 Å². The molecular formula is C19H13Cl3N2O. The van der Waals surface area contributed by atoms with Crippen molar-refractivity contribution in [2.24, 2.45) is 4.99 Å². The van der Waals surface area contributed by atoms with Crippen LogP contribution in [0.2, 0.25) is 15.1 Å². The number of aromatic nitrogens is 1. The smallest absolute Gasteiger partial charge is 0.140 e. The summed E-state index contributed by atoms with van der Waals surface area (Å²) in [5.74, 6) is 0.0204. The number of hydrogen-bond acceptors (Lipinski definition) is 3. The summed E-state index contributed by atoms with van der Waals surface area (Å²) in [6.07, 6.45) is 4.53. The number of pyridine rings is 1. The molecule has 3 rings (SSSR count). The van der Waals surface area contributed by atoms with Gasteiger partial charge in [-0.25, -0.2) is 0 Å². The minimum Gasteiger partial charge on any atom is -0.506 e. The molecule has 1 aromatic heterocycles. The summed E-state index contributed by atoms with van der Waals surface area (Å²) >= 11 is 18.7. The predicted octanol–water partition coefficient (Wildman–Crippen LogP) is 6.03. The van der Waals surface area contributed by atoms with Crippen LogP contribution in [0.25, 0.3) is 11.1 Å². The van der Waals surface area contributed by atoms with Gasteiger partial charge in [-0.05, 0) is 17.7 Å². The Balaban J connectivity index is 1.95. The molecule has 25 heavy (non-hydrogen) atoms. The van der Waals surface area contributed by atoms with Crippen molar-refractivity contribution < 1.29 is 5.11 Å². The van der Waals surface area contributed by atoms with E-state index in [-0.39, 0.29) is 12.3 Å². The molecule has 0 radical (unpaired) electrons. The van der Waals surface area contributed by atoms with Crippen LogP contribution >= 0.6 is 34.8 Å². The van der Waals surface area contributed by atoms with Crippen LogP contribution in [0.4, 0.5) is 0 Å². The predicted molar refractivity (Wildman–Crippen MR) is 104 cm³/mol. The number of benzene rings is 2. The topological polar surface area (TPSA) is 45.5 Å². The summed E-state index contributed by atoms with van der Waals surface area (Å²) in [5, 5.41) is 11.4. The third-order valence-corrected chi connectivity index (χ3v) is 4.61.